The van der Waals surface area contributed by atoms with Crippen LogP contribution in [0.3, 0.4) is 0 Å². The van der Waals surface area contributed by atoms with Gasteiger partial charge in [0.25, 0.3) is 0 Å². The molecule has 1 amide bonds. The van der Waals surface area contributed by atoms with Crippen LogP contribution in [0.15, 0.2) is 30.3 Å². The van der Waals surface area contributed by atoms with E-state index < -0.39 is 6.04 Å². The van der Waals surface area contributed by atoms with Crippen molar-refractivity contribution in [2.45, 2.75) is 18.9 Å². The van der Waals surface area contributed by atoms with E-state index in [-0.39, 0.29) is 18.3 Å². The Balaban J connectivity index is 0.00000180. The minimum atomic E-state index is -0.578. The molecular formula is C14H21ClN2O2. The number of nitrogens with two attached hydrogens (primary N) is 1. The second kappa shape index (κ2) is 8.15. The molecule has 0 bridgehead atoms. The number of benzene rings is 1. The summed E-state index contributed by atoms with van der Waals surface area (Å²) in [4.78, 5) is 11.9. The normalized spacial score (nSPS) is 17.3. The first-order valence-corrected chi connectivity index (χ1v) is 6.43. The van der Waals surface area contributed by atoms with Crippen LogP contribution in [-0.4, -0.2) is 25.7 Å². The molecule has 106 valence electrons. The van der Waals surface area contributed by atoms with Gasteiger partial charge in [0.15, 0.2) is 0 Å². The summed E-state index contributed by atoms with van der Waals surface area (Å²) in [6.45, 7) is 2.29. The molecule has 0 spiro atoms. The number of carbonyl (C=O) groups excluding carboxylic acids is 1. The maximum Gasteiger partial charge on any atom is 0.241 e. The predicted octanol–water partition coefficient (Wildman–Crippen LogP) is 1.65. The van der Waals surface area contributed by atoms with Gasteiger partial charge in [-0.05, 0) is 24.3 Å². The Kier molecular flexibility index (Phi) is 6.84. The summed E-state index contributed by atoms with van der Waals surface area (Å²) in [5, 5.41) is 2.93. The highest BCUT2D eigenvalue weighted by Crippen LogP contribution is 2.14. The third-order valence-electron chi connectivity index (χ3n) is 3.35. The lowest BCUT2D eigenvalue weighted by atomic mass is 10.00. The fraction of sp³-hybridized carbons (Fsp3) is 0.500. The van der Waals surface area contributed by atoms with Crippen molar-refractivity contribution in [3.05, 3.63) is 35.9 Å². The van der Waals surface area contributed by atoms with E-state index in [2.05, 4.69) is 5.32 Å². The molecule has 0 aromatic heterocycles. The lowest BCUT2D eigenvalue weighted by molar-refractivity contribution is -0.122. The molecule has 1 aromatic carbocycles. The highest BCUT2D eigenvalue weighted by atomic mass is 35.5. The molecule has 1 aromatic rings. The molecule has 5 heteroatoms. The Bertz CT molecular complexity index is 380. The van der Waals surface area contributed by atoms with E-state index in [1.165, 1.54) is 0 Å². The molecule has 1 aliphatic heterocycles. The van der Waals surface area contributed by atoms with Gasteiger partial charge in [0.2, 0.25) is 5.91 Å². The van der Waals surface area contributed by atoms with Crippen LogP contribution in [0.2, 0.25) is 0 Å². The van der Waals surface area contributed by atoms with Crippen molar-refractivity contribution in [3.8, 4) is 0 Å². The maximum absolute atomic E-state index is 11.9. The monoisotopic (exact) mass is 284 g/mol. The van der Waals surface area contributed by atoms with Crippen LogP contribution in [-0.2, 0) is 9.53 Å². The highest BCUT2D eigenvalue weighted by molar-refractivity contribution is 5.85. The summed E-state index contributed by atoms with van der Waals surface area (Å²) in [7, 11) is 0. The fourth-order valence-corrected chi connectivity index (χ4v) is 2.12. The molecule has 1 heterocycles. The predicted molar refractivity (Wildman–Crippen MR) is 77.2 cm³/mol. The molecule has 3 N–H and O–H groups in total. The number of carbonyl (C=O) groups is 1. The molecule has 1 saturated heterocycles. The van der Waals surface area contributed by atoms with Gasteiger partial charge in [-0.15, -0.1) is 12.4 Å². The minimum Gasteiger partial charge on any atom is -0.381 e. The van der Waals surface area contributed by atoms with Crippen LogP contribution in [0, 0.1) is 5.92 Å². The Morgan fingerprint density at radius 1 is 1.32 bits per heavy atom. The van der Waals surface area contributed by atoms with Crippen molar-refractivity contribution in [2.75, 3.05) is 19.8 Å². The molecule has 1 unspecified atom stereocenters. The van der Waals surface area contributed by atoms with Gasteiger partial charge in [0, 0.05) is 19.8 Å². The van der Waals surface area contributed by atoms with Crippen molar-refractivity contribution in [2.24, 2.45) is 11.7 Å². The largest absolute Gasteiger partial charge is 0.381 e. The molecule has 1 atom stereocenters. The average molecular weight is 285 g/mol. The van der Waals surface area contributed by atoms with Crippen LogP contribution in [0.1, 0.15) is 24.4 Å². The molecule has 0 aliphatic carbocycles. The Labute approximate surface area is 120 Å². The summed E-state index contributed by atoms with van der Waals surface area (Å²) in [5.74, 6) is 0.415. The van der Waals surface area contributed by atoms with Crippen molar-refractivity contribution >= 4 is 18.3 Å². The first-order chi connectivity index (χ1) is 8.77. The van der Waals surface area contributed by atoms with Crippen LogP contribution in [0.5, 0.6) is 0 Å². The van der Waals surface area contributed by atoms with E-state index >= 15 is 0 Å². The molecule has 0 saturated carbocycles. The van der Waals surface area contributed by atoms with Gasteiger partial charge in [0.1, 0.15) is 6.04 Å². The van der Waals surface area contributed by atoms with Gasteiger partial charge < -0.3 is 15.8 Å². The molecule has 1 fully saturated rings. The second-order valence-electron chi connectivity index (χ2n) is 4.69. The Morgan fingerprint density at radius 3 is 2.58 bits per heavy atom. The van der Waals surface area contributed by atoms with Gasteiger partial charge in [-0.25, -0.2) is 0 Å². The SMILES string of the molecule is Cl.NC(C(=O)NCC1CCOCC1)c1ccccc1. The van der Waals surface area contributed by atoms with E-state index in [0.717, 1.165) is 31.6 Å². The van der Waals surface area contributed by atoms with Gasteiger partial charge in [0.05, 0.1) is 0 Å². The fourth-order valence-electron chi connectivity index (χ4n) is 2.12. The van der Waals surface area contributed by atoms with E-state index in [1.807, 2.05) is 30.3 Å². The first-order valence-electron chi connectivity index (χ1n) is 6.43. The van der Waals surface area contributed by atoms with E-state index in [1.54, 1.807) is 0 Å². The van der Waals surface area contributed by atoms with Crippen LogP contribution in [0.4, 0.5) is 0 Å². The van der Waals surface area contributed by atoms with Crippen LogP contribution in [0.25, 0.3) is 0 Å². The summed E-state index contributed by atoms with van der Waals surface area (Å²) < 4.78 is 5.29. The first kappa shape index (κ1) is 16.0. The van der Waals surface area contributed by atoms with Gasteiger partial charge >= 0.3 is 0 Å². The molecule has 19 heavy (non-hydrogen) atoms. The van der Waals surface area contributed by atoms with E-state index in [9.17, 15) is 4.79 Å². The molecule has 2 rings (SSSR count). The zero-order chi connectivity index (χ0) is 12.8. The quantitative estimate of drug-likeness (QED) is 0.884. The van der Waals surface area contributed by atoms with Gasteiger partial charge in [-0.1, -0.05) is 30.3 Å². The number of hydrogen-bond donors (Lipinski definition) is 2. The van der Waals surface area contributed by atoms with Crippen molar-refractivity contribution in [1.29, 1.82) is 0 Å². The van der Waals surface area contributed by atoms with Gasteiger partial charge in [-0.3, -0.25) is 4.79 Å². The smallest absolute Gasteiger partial charge is 0.241 e. The van der Waals surface area contributed by atoms with Crippen molar-refractivity contribution < 1.29 is 9.53 Å². The summed E-state index contributed by atoms with van der Waals surface area (Å²) >= 11 is 0. The zero-order valence-electron chi connectivity index (χ0n) is 10.9. The average Bonchev–Trinajstić information content (AvgIpc) is 2.46. The maximum atomic E-state index is 11.9. The number of halogens is 1. The van der Waals surface area contributed by atoms with Crippen LogP contribution < -0.4 is 11.1 Å². The number of rotatable bonds is 4. The van der Waals surface area contributed by atoms with E-state index in [0.29, 0.717) is 12.5 Å². The van der Waals surface area contributed by atoms with Crippen molar-refractivity contribution in [1.82, 2.24) is 5.32 Å². The van der Waals surface area contributed by atoms with Gasteiger partial charge in [-0.2, -0.15) is 0 Å². The third kappa shape index (κ3) is 4.82. The standard InChI is InChI=1S/C14H20N2O2.ClH/c15-13(12-4-2-1-3-5-12)14(17)16-10-11-6-8-18-9-7-11;/h1-5,11,13H,6-10,15H2,(H,16,17);1H. The van der Waals surface area contributed by atoms with Crippen molar-refractivity contribution in [3.63, 3.8) is 0 Å². The zero-order valence-corrected chi connectivity index (χ0v) is 11.7. The van der Waals surface area contributed by atoms with Crippen LogP contribution >= 0.6 is 12.4 Å². The lowest BCUT2D eigenvalue weighted by Crippen LogP contribution is -2.38. The number of nitrogens with one attached hydrogen (secondary N) is 1. The Morgan fingerprint density at radius 2 is 1.95 bits per heavy atom. The number of hydrogen-bond acceptors (Lipinski definition) is 3. The molecular weight excluding hydrogens is 264 g/mol. The highest BCUT2D eigenvalue weighted by Gasteiger charge is 2.18. The second-order valence-corrected chi connectivity index (χ2v) is 4.69. The third-order valence-corrected chi connectivity index (χ3v) is 3.35. The molecule has 4 nitrogen and oxygen atoms in total. The summed E-state index contributed by atoms with van der Waals surface area (Å²) in [5.41, 5.74) is 6.77. The summed E-state index contributed by atoms with van der Waals surface area (Å²) in [6.07, 6.45) is 2.03. The molecule has 0 radical (unpaired) electrons. The number of amides is 1. The molecule has 1 aliphatic rings. The lowest BCUT2D eigenvalue weighted by Gasteiger charge is -2.23. The van der Waals surface area contributed by atoms with E-state index in [4.69, 9.17) is 10.5 Å². The summed E-state index contributed by atoms with van der Waals surface area (Å²) in [6, 6.07) is 8.86. The Hall–Kier alpha value is -1.10. The minimum absolute atomic E-state index is 0. The number of ether oxygens (including phenoxy) is 1. The topological polar surface area (TPSA) is 64.4 Å².